The van der Waals surface area contributed by atoms with Crippen molar-refractivity contribution in [2.45, 2.75) is 52.6 Å². The number of aromatic nitrogens is 2. The van der Waals surface area contributed by atoms with Crippen LogP contribution in [0.25, 0.3) is 0 Å². The van der Waals surface area contributed by atoms with E-state index >= 15 is 0 Å². The lowest BCUT2D eigenvalue weighted by Gasteiger charge is -2.21. The summed E-state index contributed by atoms with van der Waals surface area (Å²) in [4.78, 5) is 23.2. The average Bonchev–Trinajstić information content (AvgIpc) is 3.05. The van der Waals surface area contributed by atoms with Crippen LogP contribution in [-0.2, 0) is 4.74 Å². The van der Waals surface area contributed by atoms with Crippen molar-refractivity contribution in [2.75, 3.05) is 31.6 Å². The molecular weight excluding hydrogens is 292 g/mol. The summed E-state index contributed by atoms with van der Waals surface area (Å²) in [5, 5.41) is 3.28. The molecule has 1 fully saturated rings. The highest BCUT2D eigenvalue weighted by Crippen LogP contribution is 2.14. The van der Waals surface area contributed by atoms with E-state index in [1.165, 1.54) is 0 Å². The van der Waals surface area contributed by atoms with Gasteiger partial charge in [0.1, 0.15) is 17.3 Å². The second-order valence-electron chi connectivity index (χ2n) is 5.99. The Hall–Kier alpha value is -1.69. The van der Waals surface area contributed by atoms with E-state index in [9.17, 15) is 4.79 Å². The summed E-state index contributed by atoms with van der Waals surface area (Å²) in [6, 6.07) is 1.75. The first kappa shape index (κ1) is 17.7. The maximum Gasteiger partial charge on any atom is 0.272 e. The molecule has 0 saturated carbocycles. The van der Waals surface area contributed by atoms with Gasteiger partial charge in [0.15, 0.2) is 0 Å². The van der Waals surface area contributed by atoms with Crippen molar-refractivity contribution < 1.29 is 9.53 Å². The van der Waals surface area contributed by atoms with Crippen LogP contribution in [0.3, 0.4) is 0 Å². The van der Waals surface area contributed by atoms with Gasteiger partial charge < -0.3 is 15.0 Å². The van der Waals surface area contributed by atoms with Gasteiger partial charge in [-0.15, -0.1) is 0 Å². The van der Waals surface area contributed by atoms with E-state index in [4.69, 9.17) is 4.74 Å². The number of anilines is 1. The van der Waals surface area contributed by atoms with Crippen molar-refractivity contribution in [3.05, 3.63) is 17.6 Å². The number of nitrogens with one attached hydrogen (secondary N) is 1. The molecule has 1 N–H and O–H groups in total. The zero-order chi connectivity index (χ0) is 16.7. The molecule has 2 heterocycles. The minimum absolute atomic E-state index is 0.0145. The summed E-state index contributed by atoms with van der Waals surface area (Å²) in [5.74, 6) is 1.29. The summed E-state index contributed by atoms with van der Waals surface area (Å²) < 4.78 is 5.60. The minimum atomic E-state index is -0.0145. The number of nitrogens with zero attached hydrogens (tertiary/aromatic N) is 3. The van der Waals surface area contributed by atoms with Crippen molar-refractivity contribution in [3.8, 4) is 0 Å². The van der Waals surface area contributed by atoms with Gasteiger partial charge in [-0.3, -0.25) is 4.79 Å². The largest absolute Gasteiger partial charge is 0.376 e. The summed E-state index contributed by atoms with van der Waals surface area (Å²) in [5.41, 5.74) is 0.467. The van der Waals surface area contributed by atoms with E-state index in [1.54, 1.807) is 6.07 Å². The lowest BCUT2D eigenvalue weighted by Crippen LogP contribution is -2.33. The molecule has 1 amide bonds. The van der Waals surface area contributed by atoms with Crippen LogP contribution in [0.1, 0.15) is 55.8 Å². The molecule has 1 aromatic rings. The van der Waals surface area contributed by atoms with Crippen LogP contribution in [0.2, 0.25) is 0 Å². The highest BCUT2D eigenvalue weighted by Gasteiger charge is 2.19. The minimum Gasteiger partial charge on any atom is -0.376 e. The molecular formula is C17H28N4O2. The molecule has 1 saturated heterocycles. The Morgan fingerprint density at radius 2 is 2.09 bits per heavy atom. The Balaban J connectivity index is 2.06. The molecule has 1 aromatic heterocycles. The second kappa shape index (κ2) is 8.82. The first-order valence-corrected chi connectivity index (χ1v) is 8.64. The summed E-state index contributed by atoms with van der Waals surface area (Å²) in [6.45, 7) is 9.05. The third-order valence-corrected chi connectivity index (χ3v) is 3.87. The van der Waals surface area contributed by atoms with Gasteiger partial charge >= 0.3 is 0 Å². The van der Waals surface area contributed by atoms with Crippen LogP contribution in [0.15, 0.2) is 6.07 Å². The Bertz CT molecular complexity index is 509. The van der Waals surface area contributed by atoms with E-state index in [1.807, 2.05) is 11.8 Å². The topological polar surface area (TPSA) is 67.4 Å². The standard InChI is InChI=1S/C17H28N4O2/c1-4-8-21(9-5-2)17(22)15-11-16(20-13(3)19-15)18-12-14-7-6-10-23-14/h11,14H,4-10,12H2,1-3H3,(H,18,19,20). The van der Waals surface area contributed by atoms with Gasteiger partial charge in [0.25, 0.3) is 5.91 Å². The van der Waals surface area contributed by atoms with Crippen molar-refractivity contribution in [2.24, 2.45) is 0 Å². The smallest absolute Gasteiger partial charge is 0.272 e. The molecule has 6 nitrogen and oxygen atoms in total. The van der Waals surface area contributed by atoms with E-state index in [0.717, 1.165) is 51.9 Å². The Morgan fingerprint density at radius 1 is 1.35 bits per heavy atom. The summed E-state index contributed by atoms with van der Waals surface area (Å²) in [7, 11) is 0. The third kappa shape index (κ3) is 5.16. The lowest BCUT2D eigenvalue weighted by molar-refractivity contribution is 0.0749. The predicted molar refractivity (Wildman–Crippen MR) is 90.7 cm³/mol. The van der Waals surface area contributed by atoms with Gasteiger partial charge in [-0.05, 0) is 32.6 Å². The van der Waals surface area contributed by atoms with Gasteiger partial charge in [-0.25, -0.2) is 9.97 Å². The SMILES string of the molecule is CCCN(CCC)C(=O)c1cc(NCC2CCCO2)nc(C)n1. The number of ether oxygens (including phenoxy) is 1. The molecule has 23 heavy (non-hydrogen) atoms. The molecule has 0 radical (unpaired) electrons. The number of carbonyl (C=O) groups is 1. The van der Waals surface area contributed by atoms with Gasteiger partial charge in [0.05, 0.1) is 6.10 Å². The van der Waals surface area contributed by atoms with Crippen molar-refractivity contribution in [1.82, 2.24) is 14.9 Å². The lowest BCUT2D eigenvalue weighted by atomic mass is 10.2. The first-order chi connectivity index (χ1) is 11.1. The number of aryl methyl sites for hydroxylation is 1. The van der Waals surface area contributed by atoms with Crippen molar-refractivity contribution >= 4 is 11.7 Å². The number of amides is 1. The number of rotatable bonds is 8. The number of carbonyl (C=O) groups excluding carboxylic acids is 1. The molecule has 128 valence electrons. The highest BCUT2D eigenvalue weighted by molar-refractivity contribution is 5.93. The molecule has 0 aliphatic carbocycles. The van der Waals surface area contributed by atoms with Crippen molar-refractivity contribution in [3.63, 3.8) is 0 Å². The maximum absolute atomic E-state index is 12.7. The average molecular weight is 320 g/mol. The van der Waals surface area contributed by atoms with Gasteiger partial charge in [-0.1, -0.05) is 13.8 Å². The molecule has 0 aromatic carbocycles. The van der Waals surface area contributed by atoms with Gasteiger partial charge in [0, 0.05) is 32.3 Å². The van der Waals surface area contributed by atoms with E-state index < -0.39 is 0 Å². The van der Waals surface area contributed by atoms with Crippen LogP contribution in [0.5, 0.6) is 0 Å². The predicted octanol–water partition coefficient (Wildman–Crippen LogP) is 2.64. The Labute approximate surface area is 138 Å². The molecule has 2 rings (SSSR count). The normalized spacial score (nSPS) is 17.3. The van der Waals surface area contributed by atoms with Crippen molar-refractivity contribution in [1.29, 1.82) is 0 Å². The molecule has 1 aliphatic heterocycles. The van der Waals surface area contributed by atoms with Gasteiger partial charge in [0.2, 0.25) is 0 Å². The van der Waals surface area contributed by atoms with Crippen LogP contribution < -0.4 is 5.32 Å². The van der Waals surface area contributed by atoms with Gasteiger partial charge in [-0.2, -0.15) is 0 Å². The maximum atomic E-state index is 12.7. The molecule has 6 heteroatoms. The molecule has 1 unspecified atom stereocenters. The highest BCUT2D eigenvalue weighted by atomic mass is 16.5. The first-order valence-electron chi connectivity index (χ1n) is 8.64. The molecule has 0 spiro atoms. The zero-order valence-electron chi connectivity index (χ0n) is 14.5. The van der Waals surface area contributed by atoms with Crippen LogP contribution >= 0.6 is 0 Å². The van der Waals surface area contributed by atoms with Crippen LogP contribution in [0.4, 0.5) is 5.82 Å². The molecule has 1 aliphatic rings. The monoisotopic (exact) mass is 320 g/mol. The Kier molecular flexibility index (Phi) is 6.77. The number of hydrogen-bond donors (Lipinski definition) is 1. The fourth-order valence-corrected chi connectivity index (χ4v) is 2.81. The Morgan fingerprint density at radius 3 is 2.70 bits per heavy atom. The fraction of sp³-hybridized carbons (Fsp3) is 0.706. The third-order valence-electron chi connectivity index (χ3n) is 3.87. The number of hydrogen-bond acceptors (Lipinski definition) is 5. The van der Waals surface area contributed by atoms with E-state index in [2.05, 4.69) is 29.1 Å². The second-order valence-corrected chi connectivity index (χ2v) is 5.99. The van der Waals surface area contributed by atoms with E-state index in [0.29, 0.717) is 17.3 Å². The van der Waals surface area contributed by atoms with Crippen LogP contribution in [-0.4, -0.2) is 53.1 Å². The molecule has 1 atom stereocenters. The van der Waals surface area contributed by atoms with E-state index in [-0.39, 0.29) is 12.0 Å². The summed E-state index contributed by atoms with van der Waals surface area (Å²) in [6.07, 6.45) is 4.31. The van der Waals surface area contributed by atoms with Crippen LogP contribution in [0, 0.1) is 6.92 Å². The fourth-order valence-electron chi connectivity index (χ4n) is 2.81. The molecule has 0 bridgehead atoms. The summed E-state index contributed by atoms with van der Waals surface area (Å²) >= 11 is 0. The zero-order valence-corrected chi connectivity index (χ0v) is 14.5. The quantitative estimate of drug-likeness (QED) is 0.797.